The molecule has 7 nitrogen and oxygen atoms in total. The minimum absolute atomic E-state index is 0.183. The molecule has 7 heteroatoms. The Morgan fingerprint density at radius 1 is 1.00 bits per heavy atom. The van der Waals surface area contributed by atoms with Gasteiger partial charge in [-0.3, -0.25) is 19.3 Å². The Bertz CT molecular complexity index is 1190. The van der Waals surface area contributed by atoms with Gasteiger partial charge in [0, 0.05) is 11.3 Å². The van der Waals surface area contributed by atoms with Gasteiger partial charge in [-0.05, 0) is 61.9 Å². The molecule has 0 aromatic heterocycles. The Morgan fingerprint density at radius 3 is 2.41 bits per heavy atom. The molecule has 3 aromatic rings. The molecule has 1 atom stereocenters. The number of nitrogens with zero attached hydrogens (tertiary/aromatic N) is 1. The number of amides is 3. The summed E-state index contributed by atoms with van der Waals surface area (Å²) in [5.41, 5.74) is 3.18. The number of hydrogen-bond donors (Lipinski definition) is 2. The molecule has 0 radical (unpaired) electrons. The van der Waals surface area contributed by atoms with Gasteiger partial charge in [0.15, 0.2) is 0 Å². The summed E-state index contributed by atoms with van der Waals surface area (Å²) in [6, 6.07) is 20.3. The van der Waals surface area contributed by atoms with Crippen LogP contribution < -0.4 is 20.3 Å². The number of carbonyl (C=O) groups excluding carboxylic acids is 3. The second-order valence-electron chi connectivity index (χ2n) is 8.19. The summed E-state index contributed by atoms with van der Waals surface area (Å²) in [5.74, 6) is -0.458. The first-order chi connectivity index (χ1) is 16.5. The van der Waals surface area contributed by atoms with Crippen molar-refractivity contribution in [2.24, 2.45) is 0 Å². The van der Waals surface area contributed by atoms with Gasteiger partial charge in [0.1, 0.15) is 11.8 Å². The number of benzene rings is 3. The fourth-order valence-electron chi connectivity index (χ4n) is 3.80. The lowest BCUT2D eigenvalue weighted by Gasteiger charge is -2.36. The van der Waals surface area contributed by atoms with Crippen LogP contribution in [0, 0.1) is 6.92 Å². The van der Waals surface area contributed by atoms with Crippen molar-refractivity contribution in [3.05, 3.63) is 83.9 Å². The van der Waals surface area contributed by atoms with Crippen LogP contribution in [0.2, 0.25) is 0 Å². The van der Waals surface area contributed by atoms with Gasteiger partial charge in [0.2, 0.25) is 11.8 Å². The van der Waals surface area contributed by atoms with Crippen molar-refractivity contribution < 1.29 is 19.1 Å². The van der Waals surface area contributed by atoms with E-state index in [0.29, 0.717) is 35.0 Å². The molecular formula is C27H27N3O4. The van der Waals surface area contributed by atoms with Gasteiger partial charge in [0.25, 0.3) is 5.91 Å². The molecule has 0 saturated heterocycles. The van der Waals surface area contributed by atoms with Crippen LogP contribution in [0.5, 0.6) is 5.75 Å². The van der Waals surface area contributed by atoms with Gasteiger partial charge in [0.05, 0.1) is 24.4 Å². The standard InChI is InChI=1S/C27H27N3O4/c1-3-16-34-21-14-10-19(11-15-21)27(33)30-23-7-5-4-6-22(23)29-26(32)24(30)17-25(31)28-20-12-8-18(2)9-13-20/h4-15,24H,3,16-17H2,1-2H3,(H,28,31)(H,29,32)/t24-/m0/s1. The third-order valence-corrected chi connectivity index (χ3v) is 5.54. The SMILES string of the molecule is CCCOc1ccc(C(=O)N2c3ccccc3NC(=O)[C@@H]2CC(=O)Nc2ccc(C)cc2)cc1. The van der Waals surface area contributed by atoms with E-state index in [1.165, 1.54) is 4.90 Å². The number of anilines is 3. The molecule has 1 aliphatic heterocycles. The minimum Gasteiger partial charge on any atom is -0.494 e. The molecule has 0 saturated carbocycles. The second kappa shape index (κ2) is 10.2. The fourth-order valence-corrected chi connectivity index (χ4v) is 3.80. The summed E-state index contributed by atoms with van der Waals surface area (Å²) in [6.45, 7) is 4.57. The zero-order valence-electron chi connectivity index (χ0n) is 19.2. The van der Waals surface area contributed by atoms with E-state index < -0.39 is 11.9 Å². The molecule has 2 N–H and O–H groups in total. The molecule has 174 valence electrons. The second-order valence-corrected chi connectivity index (χ2v) is 8.19. The van der Waals surface area contributed by atoms with Crippen LogP contribution in [0.4, 0.5) is 17.1 Å². The molecule has 0 aliphatic carbocycles. The molecule has 0 spiro atoms. The van der Waals surface area contributed by atoms with Gasteiger partial charge in [-0.25, -0.2) is 0 Å². The first-order valence-electron chi connectivity index (χ1n) is 11.3. The van der Waals surface area contributed by atoms with Crippen molar-refractivity contribution in [2.45, 2.75) is 32.7 Å². The van der Waals surface area contributed by atoms with Crippen molar-refractivity contribution >= 4 is 34.8 Å². The minimum atomic E-state index is -0.996. The van der Waals surface area contributed by atoms with Crippen molar-refractivity contribution in [3.8, 4) is 5.75 Å². The maximum Gasteiger partial charge on any atom is 0.259 e. The lowest BCUT2D eigenvalue weighted by molar-refractivity contribution is -0.122. The van der Waals surface area contributed by atoms with Crippen LogP contribution in [0.1, 0.15) is 35.7 Å². The molecule has 3 aromatic carbocycles. The molecule has 4 rings (SSSR count). The Balaban J connectivity index is 1.60. The molecule has 34 heavy (non-hydrogen) atoms. The third-order valence-electron chi connectivity index (χ3n) is 5.54. The Hall–Kier alpha value is -4.13. The number of rotatable bonds is 7. The van der Waals surface area contributed by atoms with Crippen molar-refractivity contribution in [1.82, 2.24) is 0 Å². The van der Waals surface area contributed by atoms with Crippen molar-refractivity contribution in [3.63, 3.8) is 0 Å². The zero-order valence-corrected chi connectivity index (χ0v) is 19.2. The molecule has 0 unspecified atom stereocenters. The topological polar surface area (TPSA) is 87.7 Å². The average molecular weight is 458 g/mol. The number of nitrogens with one attached hydrogen (secondary N) is 2. The summed E-state index contributed by atoms with van der Waals surface area (Å²) in [5, 5.41) is 5.64. The first kappa shape index (κ1) is 23.0. The Kier molecular flexibility index (Phi) is 6.92. The number of carbonyl (C=O) groups is 3. The highest BCUT2D eigenvalue weighted by molar-refractivity contribution is 6.17. The van der Waals surface area contributed by atoms with E-state index in [4.69, 9.17) is 4.74 Å². The molecule has 1 aliphatic rings. The van der Waals surface area contributed by atoms with E-state index in [2.05, 4.69) is 10.6 Å². The third kappa shape index (κ3) is 5.09. The van der Waals surface area contributed by atoms with E-state index in [1.807, 2.05) is 26.0 Å². The number of ether oxygens (including phenoxy) is 1. The van der Waals surface area contributed by atoms with Crippen LogP contribution >= 0.6 is 0 Å². The lowest BCUT2D eigenvalue weighted by atomic mass is 10.0. The summed E-state index contributed by atoms with van der Waals surface area (Å²) < 4.78 is 5.60. The highest BCUT2D eigenvalue weighted by atomic mass is 16.5. The van der Waals surface area contributed by atoms with Crippen molar-refractivity contribution in [1.29, 1.82) is 0 Å². The highest BCUT2D eigenvalue weighted by Gasteiger charge is 2.38. The smallest absolute Gasteiger partial charge is 0.259 e. The number of hydrogen-bond acceptors (Lipinski definition) is 4. The van der Waals surface area contributed by atoms with Gasteiger partial charge >= 0.3 is 0 Å². The predicted octanol–water partition coefficient (Wildman–Crippen LogP) is 4.78. The maximum atomic E-state index is 13.6. The zero-order chi connectivity index (χ0) is 24.1. The van der Waals surface area contributed by atoms with Gasteiger partial charge in [-0.2, -0.15) is 0 Å². The Morgan fingerprint density at radius 2 is 1.71 bits per heavy atom. The van der Waals surface area contributed by atoms with E-state index in [-0.39, 0.29) is 18.2 Å². The predicted molar refractivity (Wildman–Crippen MR) is 132 cm³/mol. The van der Waals surface area contributed by atoms with Gasteiger partial charge in [-0.1, -0.05) is 36.8 Å². The van der Waals surface area contributed by atoms with Crippen LogP contribution in [0.15, 0.2) is 72.8 Å². The molecule has 1 heterocycles. The van der Waals surface area contributed by atoms with Crippen LogP contribution in [0.3, 0.4) is 0 Å². The van der Waals surface area contributed by atoms with Crippen LogP contribution in [-0.2, 0) is 9.59 Å². The van der Waals surface area contributed by atoms with Crippen LogP contribution in [-0.4, -0.2) is 30.4 Å². The number of para-hydroxylation sites is 2. The largest absolute Gasteiger partial charge is 0.494 e. The van der Waals surface area contributed by atoms with Gasteiger partial charge in [-0.15, -0.1) is 0 Å². The quantitative estimate of drug-likeness (QED) is 0.535. The normalized spacial score (nSPS) is 14.7. The van der Waals surface area contributed by atoms with E-state index in [9.17, 15) is 14.4 Å². The molecule has 0 fully saturated rings. The van der Waals surface area contributed by atoms with Crippen LogP contribution in [0.25, 0.3) is 0 Å². The van der Waals surface area contributed by atoms with Crippen molar-refractivity contribution in [2.75, 3.05) is 22.1 Å². The Labute approximate surface area is 198 Å². The van der Waals surface area contributed by atoms with E-state index in [0.717, 1.165) is 12.0 Å². The maximum absolute atomic E-state index is 13.6. The number of aryl methyl sites for hydroxylation is 1. The van der Waals surface area contributed by atoms with Gasteiger partial charge < -0.3 is 15.4 Å². The highest BCUT2D eigenvalue weighted by Crippen LogP contribution is 2.34. The molecular weight excluding hydrogens is 430 g/mol. The number of fused-ring (bicyclic) bond motifs is 1. The lowest BCUT2D eigenvalue weighted by Crippen LogP contribution is -2.52. The first-order valence-corrected chi connectivity index (χ1v) is 11.3. The monoisotopic (exact) mass is 457 g/mol. The van der Waals surface area contributed by atoms with E-state index >= 15 is 0 Å². The summed E-state index contributed by atoms with van der Waals surface area (Å²) in [4.78, 5) is 40.8. The average Bonchev–Trinajstić information content (AvgIpc) is 2.84. The van der Waals surface area contributed by atoms with E-state index in [1.54, 1.807) is 60.7 Å². The summed E-state index contributed by atoms with van der Waals surface area (Å²) >= 11 is 0. The fraction of sp³-hybridized carbons (Fsp3) is 0.222. The summed E-state index contributed by atoms with van der Waals surface area (Å²) in [6.07, 6.45) is 0.699. The molecule has 3 amide bonds. The molecule has 0 bridgehead atoms. The summed E-state index contributed by atoms with van der Waals surface area (Å²) in [7, 11) is 0.